The Morgan fingerprint density at radius 1 is 1.19 bits per heavy atom. The van der Waals surface area contributed by atoms with Crippen molar-refractivity contribution in [1.29, 1.82) is 0 Å². The van der Waals surface area contributed by atoms with Gasteiger partial charge in [-0.05, 0) is 12.1 Å². The molecule has 1 heterocycles. The van der Waals surface area contributed by atoms with E-state index in [2.05, 4.69) is 6.58 Å². The van der Waals surface area contributed by atoms with Gasteiger partial charge in [0.1, 0.15) is 6.29 Å². The van der Waals surface area contributed by atoms with Crippen LogP contribution in [0.5, 0.6) is 0 Å². The first-order valence-corrected chi connectivity index (χ1v) is 4.75. The molecule has 0 aliphatic carbocycles. The molecule has 0 saturated carbocycles. The maximum atomic E-state index is 11.8. The topological polar surface area (TPSA) is 54.5 Å². The van der Waals surface area contributed by atoms with Gasteiger partial charge in [0.15, 0.2) is 0 Å². The van der Waals surface area contributed by atoms with E-state index in [1.807, 2.05) is 0 Å². The first-order chi connectivity index (χ1) is 7.69. The first kappa shape index (κ1) is 10.3. The number of amides is 2. The van der Waals surface area contributed by atoms with Crippen molar-refractivity contribution in [1.82, 2.24) is 4.90 Å². The maximum absolute atomic E-state index is 11.8. The van der Waals surface area contributed by atoms with Crippen molar-refractivity contribution < 1.29 is 14.4 Å². The third kappa shape index (κ3) is 1.35. The fourth-order valence-corrected chi connectivity index (χ4v) is 1.68. The molecule has 0 spiro atoms. The fourth-order valence-electron chi connectivity index (χ4n) is 1.68. The number of hydrogen-bond acceptors (Lipinski definition) is 3. The number of benzene rings is 1. The summed E-state index contributed by atoms with van der Waals surface area (Å²) in [6, 6.07) is 4.46. The molecule has 0 unspecified atom stereocenters. The molecule has 1 aliphatic heterocycles. The number of hydrogen-bond donors (Lipinski definition) is 0. The van der Waals surface area contributed by atoms with Crippen LogP contribution in [0, 0.1) is 0 Å². The summed E-state index contributed by atoms with van der Waals surface area (Å²) in [5.41, 5.74) is 1.02. The lowest BCUT2D eigenvalue weighted by Crippen LogP contribution is -2.29. The van der Waals surface area contributed by atoms with Crippen molar-refractivity contribution in [2.24, 2.45) is 0 Å². The summed E-state index contributed by atoms with van der Waals surface area (Å²) < 4.78 is 0. The van der Waals surface area contributed by atoms with Gasteiger partial charge < -0.3 is 0 Å². The zero-order chi connectivity index (χ0) is 11.7. The van der Waals surface area contributed by atoms with Gasteiger partial charge in [-0.25, -0.2) is 0 Å². The lowest BCUT2D eigenvalue weighted by molar-refractivity contribution is 0.0672. The molecule has 0 fully saturated rings. The molecule has 2 amide bonds. The van der Waals surface area contributed by atoms with Gasteiger partial charge >= 0.3 is 0 Å². The fraction of sp³-hybridized carbons (Fsp3) is 0.0833. The molecule has 4 nitrogen and oxygen atoms in total. The van der Waals surface area contributed by atoms with Gasteiger partial charge in [-0.2, -0.15) is 0 Å². The zero-order valence-electron chi connectivity index (χ0n) is 8.47. The van der Waals surface area contributed by atoms with Crippen molar-refractivity contribution in [3.05, 3.63) is 47.5 Å². The number of aldehydes is 1. The number of nitrogens with zero attached hydrogens (tertiary/aromatic N) is 1. The minimum absolute atomic E-state index is 0.183. The lowest BCUT2D eigenvalue weighted by Gasteiger charge is -2.09. The highest BCUT2D eigenvalue weighted by Crippen LogP contribution is 2.23. The van der Waals surface area contributed by atoms with Crippen molar-refractivity contribution in [2.75, 3.05) is 6.54 Å². The van der Waals surface area contributed by atoms with E-state index in [0.29, 0.717) is 17.4 Å². The number of carbonyl (C=O) groups excluding carboxylic acids is 3. The Morgan fingerprint density at radius 3 is 2.50 bits per heavy atom. The average Bonchev–Trinajstić information content (AvgIpc) is 2.54. The quantitative estimate of drug-likeness (QED) is 0.433. The van der Waals surface area contributed by atoms with Crippen LogP contribution < -0.4 is 0 Å². The smallest absolute Gasteiger partial charge is 0.261 e. The Hall–Kier alpha value is -2.23. The van der Waals surface area contributed by atoms with Crippen molar-refractivity contribution >= 4 is 18.1 Å². The molecule has 0 atom stereocenters. The van der Waals surface area contributed by atoms with E-state index in [9.17, 15) is 14.4 Å². The minimum atomic E-state index is -0.372. The molecule has 0 N–H and O–H groups in total. The van der Waals surface area contributed by atoms with Gasteiger partial charge in [-0.1, -0.05) is 12.1 Å². The van der Waals surface area contributed by atoms with Crippen LogP contribution in [0.2, 0.25) is 0 Å². The Balaban J connectivity index is 2.50. The monoisotopic (exact) mass is 215 g/mol. The summed E-state index contributed by atoms with van der Waals surface area (Å²) in [4.78, 5) is 35.3. The molecule has 80 valence electrons. The summed E-state index contributed by atoms with van der Waals surface area (Å²) in [7, 11) is 0. The molecule has 16 heavy (non-hydrogen) atoms. The summed E-state index contributed by atoms with van der Waals surface area (Å²) in [6.07, 6.45) is 2.14. The van der Waals surface area contributed by atoms with Crippen molar-refractivity contribution in [3.8, 4) is 0 Å². The maximum Gasteiger partial charge on any atom is 0.261 e. The SMILES string of the molecule is C=CCN1C(=O)c2ccc(C=O)cc2C1=O. The summed E-state index contributed by atoms with van der Waals surface area (Å²) in [5.74, 6) is -0.707. The second-order valence-electron chi connectivity index (χ2n) is 3.43. The van der Waals surface area contributed by atoms with Crippen LogP contribution in [-0.2, 0) is 0 Å². The van der Waals surface area contributed by atoms with E-state index >= 15 is 0 Å². The summed E-state index contributed by atoms with van der Waals surface area (Å²) in [5, 5.41) is 0. The van der Waals surface area contributed by atoms with Gasteiger partial charge in [0.2, 0.25) is 0 Å². The highest BCUT2D eigenvalue weighted by molar-refractivity contribution is 6.21. The van der Waals surface area contributed by atoms with Crippen molar-refractivity contribution in [2.45, 2.75) is 0 Å². The molecule has 1 aromatic carbocycles. The molecule has 1 aromatic rings. The molecular formula is C12H9NO3. The predicted octanol–water partition coefficient (Wildman–Crippen LogP) is 1.28. The molecule has 4 heteroatoms. The largest absolute Gasteiger partial charge is 0.298 e. The Morgan fingerprint density at radius 2 is 1.88 bits per heavy atom. The van der Waals surface area contributed by atoms with Crippen LogP contribution in [0.3, 0.4) is 0 Å². The second-order valence-corrected chi connectivity index (χ2v) is 3.43. The molecule has 1 aliphatic rings. The first-order valence-electron chi connectivity index (χ1n) is 4.75. The van der Waals surface area contributed by atoms with E-state index in [-0.39, 0.29) is 23.9 Å². The van der Waals surface area contributed by atoms with Crippen molar-refractivity contribution in [3.63, 3.8) is 0 Å². The van der Waals surface area contributed by atoms with Gasteiger partial charge in [-0.3, -0.25) is 19.3 Å². The molecule has 0 radical (unpaired) electrons. The molecule has 0 saturated heterocycles. The highest BCUT2D eigenvalue weighted by Gasteiger charge is 2.34. The van der Waals surface area contributed by atoms with E-state index in [4.69, 9.17) is 0 Å². The zero-order valence-corrected chi connectivity index (χ0v) is 8.47. The summed E-state index contributed by atoms with van der Waals surface area (Å²) >= 11 is 0. The number of fused-ring (bicyclic) bond motifs is 1. The van der Waals surface area contributed by atoms with Crippen LogP contribution in [-0.4, -0.2) is 29.5 Å². The van der Waals surface area contributed by atoms with E-state index < -0.39 is 0 Å². The van der Waals surface area contributed by atoms with Gasteiger partial charge in [0.25, 0.3) is 11.8 Å². The highest BCUT2D eigenvalue weighted by atomic mass is 16.2. The molecule has 2 rings (SSSR count). The van der Waals surface area contributed by atoms with Crippen LogP contribution >= 0.6 is 0 Å². The number of rotatable bonds is 3. The Kier molecular flexibility index (Phi) is 2.40. The number of carbonyl (C=O) groups is 3. The van der Waals surface area contributed by atoms with Crippen LogP contribution in [0.4, 0.5) is 0 Å². The predicted molar refractivity (Wildman–Crippen MR) is 57.4 cm³/mol. The number of imide groups is 1. The molecule has 0 aromatic heterocycles. The van der Waals surface area contributed by atoms with E-state index in [1.54, 1.807) is 0 Å². The van der Waals surface area contributed by atoms with Gasteiger partial charge in [0, 0.05) is 12.1 Å². The van der Waals surface area contributed by atoms with Gasteiger partial charge in [0.05, 0.1) is 11.1 Å². The lowest BCUT2D eigenvalue weighted by atomic mass is 10.1. The average molecular weight is 215 g/mol. The third-order valence-electron chi connectivity index (χ3n) is 2.44. The van der Waals surface area contributed by atoms with Crippen LogP contribution in [0.25, 0.3) is 0 Å². The van der Waals surface area contributed by atoms with Gasteiger partial charge in [-0.15, -0.1) is 6.58 Å². The summed E-state index contributed by atoms with van der Waals surface area (Å²) in [6.45, 7) is 3.67. The Labute approximate surface area is 92.2 Å². The van der Waals surface area contributed by atoms with Crippen LogP contribution in [0.15, 0.2) is 30.9 Å². The second kappa shape index (κ2) is 3.73. The minimum Gasteiger partial charge on any atom is -0.298 e. The molecular weight excluding hydrogens is 206 g/mol. The normalized spacial score (nSPS) is 13.9. The third-order valence-corrected chi connectivity index (χ3v) is 2.44. The molecule has 0 bridgehead atoms. The Bertz CT molecular complexity index is 505. The standard InChI is InChI=1S/C12H9NO3/c1-2-5-13-11(15)9-4-3-8(7-14)6-10(9)12(13)16/h2-4,6-7H,1,5H2. The van der Waals surface area contributed by atoms with E-state index in [0.717, 1.165) is 4.90 Å². The van der Waals surface area contributed by atoms with E-state index in [1.165, 1.54) is 24.3 Å². The van der Waals surface area contributed by atoms with Crippen LogP contribution in [0.1, 0.15) is 31.1 Å².